The van der Waals surface area contributed by atoms with E-state index < -0.39 is 0 Å². The van der Waals surface area contributed by atoms with E-state index in [1.807, 2.05) is 36.4 Å². The van der Waals surface area contributed by atoms with Crippen LogP contribution in [0.5, 0.6) is 0 Å². The molecule has 0 aliphatic heterocycles. The van der Waals surface area contributed by atoms with Crippen LogP contribution in [0.4, 0.5) is 0 Å². The molecule has 3 aromatic carbocycles. The Balaban J connectivity index is 1.62. The maximum Gasteiger partial charge on any atom is 0.167 e. The minimum atomic E-state index is 0.832. The zero-order valence-corrected chi connectivity index (χ0v) is 13.1. The van der Waals surface area contributed by atoms with Crippen LogP contribution in [0.15, 0.2) is 83.4 Å². The van der Waals surface area contributed by atoms with Gasteiger partial charge in [-0.2, -0.15) is 0 Å². The van der Waals surface area contributed by atoms with Crippen molar-refractivity contribution in [2.24, 2.45) is 0 Å². The molecule has 0 radical (unpaired) electrons. The molecule has 0 N–H and O–H groups in total. The molecule has 1 heterocycles. The maximum absolute atomic E-state index is 5.68. The van der Waals surface area contributed by atoms with Gasteiger partial charge in [-0.3, -0.25) is 0 Å². The van der Waals surface area contributed by atoms with Gasteiger partial charge < -0.3 is 4.52 Å². The van der Waals surface area contributed by atoms with Crippen molar-refractivity contribution in [3.8, 4) is 33.7 Å². The average Bonchev–Trinajstić information content (AvgIpc) is 3.27. The lowest BCUT2D eigenvalue weighted by atomic mass is 9.99. The summed E-state index contributed by atoms with van der Waals surface area (Å²) in [6.45, 7) is 0. The van der Waals surface area contributed by atoms with E-state index >= 15 is 0 Å². The van der Waals surface area contributed by atoms with E-state index in [9.17, 15) is 0 Å². The molecule has 114 valence electrons. The monoisotopic (exact) mass is 309 g/mol. The van der Waals surface area contributed by atoms with Gasteiger partial charge >= 0.3 is 0 Å². The molecule has 0 saturated heterocycles. The Morgan fingerprint density at radius 3 is 2.38 bits per heavy atom. The van der Waals surface area contributed by atoms with E-state index in [4.69, 9.17) is 4.52 Å². The molecule has 2 nitrogen and oxygen atoms in total. The first-order valence-electron chi connectivity index (χ1n) is 8.13. The Morgan fingerprint density at radius 2 is 1.46 bits per heavy atom. The summed E-state index contributed by atoms with van der Waals surface area (Å²) >= 11 is 0. The van der Waals surface area contributed by atoms with Crippen LogP contribution in [0.2, 0.25) is 0 Å². The summed E-state index contributed by atoms with van der Waals surface area (Å²) in [6.07, 6.45) is 0.947. The van der Waals surface area contributed by atoms with Crippen LogP contribution in [-0.4, -0.2) is 5.16 Å². The summed E-state index contributed by atoms with van der Waals surface area (Å²) in [5.74, 6) is 0.832. The third kappa shape index (κ3) is 2.00. The van der Waals surface area contributed by atoms with Gasteiger partial charge in [-0.05, 0) is 28.7 Å². The molecule has 24 heavy (non-hydrogen) atoms. The van der Waals surface area contributed by atoms with E-state index in [0.29, 0.717) is 0 Å². The number of hydrogen-bond acceptors (Lipinski definition) is 2. The van der Waals surface area contributed by atoms with Gasteiger partial charge in [0.2, 0.25) is 0 Å². The van der Waals surface area contributed by atoms with Gasteiger partial charge in [0.1, 0.15) is 5.69 Å². The molecular weight excluding hydrogens is 294 g/mol. The number of hydrogen-bond donors (Lipinski definition) is 0. The Labute approximate surface area is 140 Å². The second-order valence-electron chi connectivity index (χ2n) is 6.11. The lowest BCUT2D eigenvalue weighted by molar-refractivity contribution is 0.434. The van der Waals surface area contributed by atoms with Crippen LogP contribution in [0.25, 0.3) is 33.7 Å². The summed E-state index contributed by atoms with van der Waals surface area (Å²) in [5.41, 5.74) is 8.43. The summed E-state index contributed by atoms with van der Waals surface area (Å²) in [5, 5.41) is 4.26. The largest absolute Gasteiger partial charge is 0.356 e. The van der Waals surface area contributed by atoms with E-state index in [1.54, 1.807) is 0 Å². The van der Waals surface area contributed by atoms with Crippen molar-refractivity contribution < 1.29 is 4.52 Å². The lowest BCUT2D eigenvalue weighted by Crippen LogP contribution is -1.86. The standard InChI is InChI=1S/C22H15NO/c1-2-7-15(8-3-1)21-14-22(24-23-21)19-12-6-11-18-17-10-5-4-9-16(17)13-20(18)19/h1-12,14H,13H2. The highest BCUT2D eigenvalue weighted by atomic mass is 16.5. The van der Waals surface area contributed by atoms with Crippen molar-refractivity contribution in [2.75, 3.05) is 0 Å². The zero-order chi connectivity index (χ0) is 15.9. The summed E-state index contributed by atoms with van der Waals surface area (Å²) in [7, 11) is 0. The molecule has 0 fully saturated rings. The molecular formula is C22H15NO. The normalized spacial score (nSPS) is 12.0. The van der Waals surface area contributed by atoms with Crippen molar-refractivity contribution in [3.63, 3.8) is 0 Å². The molecule has 0 amide bonds. The fraction of sp³-hybridized carbons (Fsp3) is 0.0455. The molecule has 5 rings (SSSR count). The lowest BCUT2D eigenvalue weighted by Gasteiger charge is -2.04. The van der Waals surface area contributed by atoms with E-state index in [-0.39, 0.29) is 0 Å². The second-order valence-corrected chi connectivity index (χ2v) is 6.11. The molecule has 2 heteroatoms. The van der Waals surface area contributed by atoms with Crippen molar-refractivity contribution in [1.82, 2.24) is 5.16 Å². The van der Waals surface area contributed by atoms with Crippen molar-refractivity contribution >= 4 is 0 Å². The van der Waals surface area contributed by atoms with Crippen LogP contribution >= 0.6 is 0 Å². The summed E-state index contributed by atoms with van der Waals surface area (Å²) < 4.78 is 5.68. The molecule has 1 aliphatic rings. The van der Waals surface area contributed by atoms with Crippen LogP contribution < -0.4 is 0 Å². The van der Waals surface area contributed by atoms with Gasteiger partial charge in [0, 0.05) is 17.2 Å². The van der Waals surface area contributed by atoms with Gasteiger partial charge in [0.15, 0.2) is 5.76 Å². The Hall–Kier alpha value is -3.13. The van der Waals surface area contributed by atoms with Crippen LogP contribution in [0.3, 0.4) is 0 Å². The number of nitrogens with zero attached hydrogens (tertiary/aromatic N) is 1. The Bertz CT molecular complexity index is 1030. The smallest absolute Gasteiger partial charge is 0.167 e. The van der Waals surface area contributed by atoms with Gasteiger partial charge in [-0.25, -0.2) is 0 Å². The molecule has 4 aromatic rings. The van der Waals surface area contributed by atoms with E-state index in [2.05, 4.69) is 47.6 Å². The van der Waals surface area contributed by atoms with Crippen LogP contribution in [-0.2, 0) is 6.42 Å². The molecule has 0 spiro atoms. The minimum Gasteiger partial charge on any atom is -0.356 e. The average molecular weight is 309 g/mol. The first-order chi connectivity index (χ1) is 11.9. The highest BCUT2D eigenvalue weighted by molar-refractivity contribution is 5.84. The highest BCUT2D eigenvalue weighted by Gasteiger charge is 2.22. The highest BCUT2D eigenvalue weighted by Crippen LogP contribution is 2.41. The predicted molar refractivity (Wildman–Crippen MR) is 95.6 cm³/mol. The molecule has 0 unspecified atom stereocenters. The molecule has 0 atom stereocenters. The summed E-state index contributed by atoms with van der Waals surface area (Å²) in [4.78, 5) is 0. The van der Waals surface area contributed by atoms with Gasteiger partial charge in [-0.1, -0.05) is 78.0 Å². The predicted octanol–water partition coefficient (Wildman–Crippen LogP) is 5.58. The van der Waals surface area contributed by atoms with Gasteiger partial charge in [0.05, 0.1) is 0 Å². The van der Waals surface area contributed by atoms with E-state index in [1.165, 1.54) is 22.3 Å². The quantitative estimate of drug-likeness (QED) is 0.425. The molecule has 1 aromatic heterocycles. The first kappa shape index (κ1) is 13.3. The van der Waals surface area contributed by atoms with Gasteiger partial charge in [0.25, 0.3) is 0 Å². The van der Waals surface area contributed by atoms with Crippen molar-refractivity contribution in [3.05, 3.63) is 90.0 Å². The van der Waals surface area contributed by atoms with Crippen LogP contribution in [0.1, 0.15) is 11.1 Å². The Morgan fingerprint density at radius 1 is 0.708 bits per heavy atom. The fourth-order valence-electron chi connectivity index (χ4n) is 3.54. The zero-order valence-electron chi connectivity index (χ0n) is 13.1. The van der Waals surface area contributed by atoms with Crippen molar-refractivity contribution in [2.45, 2.75) is 6.42 Å². The second kappa shape index (κ2) is 5.20. The van der Waals surface area contributed by atoms with Gasteiger partial charge in [-0.15, -0.1) is 0 Å². The maximum atomic E-state index is 5.68. The Kier molecular flexibility index (Phi) is 2.89. The minimum absolute atomic E-state index is 0.832. The third-order valence-corrected chi connectivity index (χ3v) is 4.70. The topological polar surface area (TPSA) is 26.0 Å². The molecule has 0 saturated carbocycles. The number of aromatic nitrogens is 1. The van der Waals surface area contributed by atoms with E-state index in [0.717, 1.165) is 29.0 Å². The fourth-order valence-corrected chi connectivity index (χ4v) is 3.54. The number of benzene rings is 3. The SMILES string of the molecule is c1ccc(-c2cc(-c3cccc4c3Cc3ccccc3-4)on2)cc1. The first-order valence-corrected chi connectivity index (χ1v) is 8.13. The molecule has 0 bridgehead atoms. The van der Waals surface area contributed by atoms with Crippen molar-refractivity contribution in [1.29, 1.82) is 0 Å². The van der Waals surface area contributed by atoms with Crippen LogP contribution in [0, 0.1) is 0 Å². The number of fused-ring (bicyclic) bond motifs is 3. The summed E-state index contributed by atoms with van der Waals surface area (Å²) in [6, 6.07) is 27.2. The molecule has 1 aliphatic carbocycles. The third-order valence-electron chi connectivity index (χ3n) is 4.70. The number of rotatable bonds is 2.